The maximum Gasteiger partial charge on any atom is 0.269 e. The molecule has 1 N–H and O–H groups in total. The standard InChI is InChI=1S/C24H27N5O3S/c1-2-19-4-3-5-21-23(19)26-24(33-21)28-16-14-27(15-17-28)13-12-25-22(30)11-8-18-6-9-20(10-7-18)29(31)32/h3-11H,2,12-17H2,1H3,(H,25,30)/b11-8-. The summed E-state index contributed by atoms with van der Waals surface area (Å²) >= 11 is 1.76. The molecule has 1 fully saturated rings. The lowest BCUT2D eigenvalue weighted by molar-refractivity contribution is -0.384. The van der Waals surface area contributed by atoms with Gasteiger partial charge in [-0.2, -0.15) is 0 Å². The number of benzene rings is 2. The molecule has 1 aliphatic heterocycles. The van der Waals surface area contributed by atoms with Gasteiger partial charge in [-0.1, -0.05) is 30.4 Å². The topological polar surface area (TPSA) is 91.6 Å². The van der Waals surface area contributed by atoms with Crippen molar-refractivity contribution >= 4 is 44.4 Å². The maximum atomic E-state index is 12.1. The molecule has 2 aromatic carbocycles. The highest BCUT2D eigenvalue weighted by molar-refractivity contribution is 7.22. The number of piperazine rings is 1. The monoisotopic (exact) mass is 465 g/mol. The molecular formula is C24H27N5O3S. The second kappa shape index (κ2) is 10.5. The number of anilines is 1. The number of amides is 1. The van der Waals surface area contributed by atoms with Crippen LogP contribution in [0.2, 0.25) is 0 Å². The zero-order chi connectivity index (χ0) is 23.2. The Balaban J connectivity index is 1.20. The Bertz CT molecular complexity index is 1150. The lowest BCUT2D eigenvalue weighted by Crippen LogP contribution is -2.48. The van der Waals surface area contributed by atoms with Crippen molar-refractivity contribution in [2.45, 2.75) is 13.3 Å². The lowest BCUT2D eigenvalue weighted by atomic mass is 10.1. The molecular weight excluding hydrogens is 438 g/mol. The van der Waals surface area contributed by atoms with Gasteiger partial charge in [-0.05, 0) is 41.8 Å². The van der Waals surface area contributed by atoms with Crippen LogP contribution in [0.5, 0.6) is 0 Å². The molecule has 1 aromatic heterocycles. The molecule has 1 saturated heterocycles. The molecule has 0 saturated carbocycles. The Morgan fingerprint density at radius 3 is 2.64 bits per heavy atom. The molecule has 172 valence electrons. The summed E-state index contributed by atoms with van der Waals surface area (Å²) < 4.78 is 1.25. The lowest BCUT2D eigenvalue weighted by Gasteiger charge is -2.34. The van der Waals surface area contributed by atoms with Crippen molar-refractivity contribution in [1.29, 1.82) is 0 Å². The first-order chi connectivity index (χ1) is 16.0. The van der Waals surface area contributed by atoms with E-state index in [-0.39, 0.29) is 11.6 Å². The van der Waals surface area contributed by atoms with Crippen molar-refractivity contribution in [3.8, 4) is 0 Å². The average Bonchev–Trinajstić information content (AvgIpc) is 3.28. The molecule has 9 heteroatoms. The van der Waals surface area contributed by atoms with E-state index in [0.29, 0.717) is 6.54 Å². The minimum Gasteiger partial charge on any atom is -0.351 e. The number of carbonyl (C=O) groups is 1. The second-order valence-electron chi connectivity index (χ2n) is 7.92. The number of nitrogens with one attached hydrogen (secondary N) is 1. The van der Waals surface area contributed by atoms with Gasteiger partial charge in [0.2, 0.25) is 5.91 Å². The summed E-state index contributed by atoms with van der Waals surface area (Å²) in [4.78, 5) is 31.9. The SMILES string of the molecule is CCc1cccc2sc(N3CCN(CCNC(=O)/C=C\c4ccc([N+](=O)[O-])cc4)CC3)nc12. The Morgan fingerprint density at radius 2 is 1.94 bits per heavy atom. The number of hydrogen-bond acceptors (Lipinski definition) is 7. The fourth-order valence-electron chi connectivity index (χ4n) is 3.85. The Morgan fingerprint density at radius 1 is 1.18 bits per heavy atom. The highest BCUT2D eigenvalue weighted by Gasteiger charge is 2.20. The molecule has 1 aliphatic rings. The first kappa shape index (κ1) is 22.9. The van der Waals surface area contributed by atoms with Crippen LogP contribution in [0.1, 0.15) is 18.1 Å². The number of aryl methyl sites for hydroxylation is 1. The number of fused-ring (bicyclic) bond motifs is 1. The molecule has 3 aromatic rings. The molecule has 2 heterocycles. The molecule has 4 rings (SSSR count). The van der Waals surface area contributed by atoms with Crippen LogP contribution in [-0.4, -0.2) is 60.0 Å². The van der Waals surface area contributed by atoms with Gasteiger partial charge in [-0.15, -0.1) is 0 Å². The van der Waals surface area contributed by atoms with Crippen molar-refractivity contribution in [3.05, 3.63) is 69.8 Å². The molecule has 1 amide bonds. The zero-order valence-electron chi connectivity index (χ0n) is 18.6. The zero-order valence-corrected chi connectivity index (χ0v) is 19.4. The van der Waals surface area contributed by atoms with Gasteiger partial charge in [0.15, 0.2) is 5.13 Å². The van der Waals surface area contributed by atoms with Gasteiger partial charge in [-0.25, -0.2) is 4.98 Å². The molecule has 0 bridgehead atoms. The van der Waals surface area contributed by atoms with E-state index in [1.807, 2.05) is 0 Å². The predicted molar refractivity (Wildman–Crippen MR) is 133 cm³/mol. The smallest absolute Gasteiger partial charge is 0.269 e. The molecule has 8 nitrogen and oxygen atoms in total. The molecule has 0 aliphatic carbocycles. The Kier molecular flexibility index (Phi) is 7.31. The maximum absolute atomic E-state index is 12.1. The number of nitro groups is 1. The van der Waals surface area contributed by atoms with Crippen molar-refractivity contribution in [1.82, 2.24) is 15.2 Å². The number of non-ortho nitro benzene ring substituents is 1. The third-order valence-corrected chi connectivity index (χ3v) is 6.85. The number of nitro benzene ring substituents is 1. The fourth-order valence-corrected chi connectivity index (χ4v) is 4.92. The second-order valence-corrected chi connectivity index (χ2v) is 8.92. The van der Waals surface area contributed by atoms with Gasteiger partial charge in [0.1, 0.15) is 0 Å². The van der Waals surface area contributed by atoms with E-state index >= 15 is 0 Å². The van der Waals surface area contributed by atoms with Crippen LogP contribution in [0.4, 0.5) is 10.8 Å². The van der Waals surface area contributed by atoms with Crippen molar-refractivity contribution in [2.24, 2.45) is 0 Å². The molecule has 0 atom stereocenters. The minimum atomic E-state index is -0.443. The summed E-state index contributed by atoms with van der Waals surface area (Å²) in [6.45, 7) is 7.26. The Labute approximate surface area is 196 Å². The first-order valence-electron chi connectivity index (χ1n) is 11.1. The van der Waals surface area contributed by atoms with Crippen LogP contribution in [-0.2, 0) is 11.2 Å². The van der Waals surface area contributed by atoms with Crippen LogP contribution in [0.25, 0.3) is 16.3 Å². The van der Waals surface area contributed by atoms with E-state index in [1.165, 1.54) is 28.5 Å². The van der Waals surface area contributed by atoms with Gasteiger partial charge in [-0.3, -0.25) is 19.8 Å². The molecule has 33 heavy (non-hydrogen) atoms. The summed E-state index contributed by atoms with van der Waals surface area (Å²) in [5.41, 5.74) is 3.21. The number of aromatic nitrogens is 1. The van der Waals surface area contributed by atoms with E-state index in [1.54, 1.807) is 29.5 Å². The van der Waals surface area contributed by atoms with E-state index in [9.17, 15) is 14.9 Å². The highest BCUT2D eigenvalue weighted by atomic mass is 32.1. The van der Waals surface area contributed by atoms with Crippen molar-refractivity contribution < 1.29 is 9.72 Å². The van der Waals surface area contributed by atoms with Crippen molar-refractivity contribution in [3.63, 3.8) is 0 Å². The van der Waals surface area contributed by atoms with Crippen LogP contribution in [0.15, 0.2) is 48.5 Å². The average molecular weight is 466 g/mol. The Hall–Kier alpha value is -3.30. The van der Waals surface area contributed by atoms with E-state index in [0.717, 1.165) is 55.4 Å². The number of para-hydroxylation sites is 1. The fraction of sp³-hybridized carbons (Fsp3) is 0.333. The highest BCUT2D eigenvalue weighted by Crippen LogP contribution is 2.31. The molecule has 0 unspecified atom stereocenters. The largest absolute Gasteiger partial charge is 0.351 e. The summed E-state index contributed by atoms with van der Waals surface area (Å²) in [6, 6.07) is 12.5. The third-order valence-electron chi connectivity index (χ3n) is 5.77. The van der Waals surface area contributed by atoms with Crippen LogP contribution in [0.3, 0.4) is 0 Å². The number of nitrogens with zero attached hydrogens (tertiary/aromatic N) is 4. The quantitative estimate of drug-likeness (QED) is 0.310. The summed E-state index contributed by atoms with van der Waals surface area (Å²) in [6.07, 6.45) is 4.10. The van der Waals surface area contributed by atoms with Gasteiger partial charge in [0, 0.05) is 57.5 Å². The summed E-state index contributed by atoms with van der Waals surface area (Å²) in [7, 11) is 0. The summed E-state index contributed by atoms with van der Waals surface area (Å²) in [5, 5.41) is 14.7. The van der Waals surface area contributed by atoms with E-state index in [2.05, 4.69) is 40.2 Å². The number of hydrogen-bond donors (Lipinski definition) is 1. The van der Waals surface area contributed by atoms with E-state index < -0.39 is 4.92 Å². The first-order valence-corrected chi connectivity index (χ1v) is 11.9. The van der Waals surface area contributed by atoms with Gasteiger partial charge in [0.05, 0.1) is 15.1 Å². The summed E-state index contributed by atoms with van der Waals surface area (Å²) in [5.74, 6) is -0.173. The predicted octanol–water partition coefficient (Wildman–Crippen LogP) is 3.72. The van der Waals surface area contributed by atoms with E-state index in [4.69, 9.17) is 4.98 Å². The molecule has 0 radical (unpaired) electrons. The third kappa shape index (κ3) is 5.74. The molecule has 0 spiro atoms. The number of carbonyl (C=O) groups excluding carboxylic acids is 1. The van der Waals surface area contributed by atoms with Gasteiger partial charge >= 0.3 is 0 Å². The van der Waals surface area contributed by atoms with Crippen LogP contribution >= 0.6 is 11.3 Å². The van der Waals surface area contributed by atoms with Crippen molar-refractivity contribution in [2.75, 3.05) is 44.2 Å². The van der Waals surface area contributed by atoms with Crippen LogP contribution in [0, 0.1) is 10.1 Å². The number of rotatable bonds is 8. The normalized spacial score (nSPS) is 14.8. The van der Waals surface area contributed by atoms with Gasteiger partial charge in [0.25, 0.3) is 5.69 Å². The van der Waals surface area contributed by atoms with Crippen LogP contribution < -0.4 is 10.2 Å². The minimum absolute atomic E-state index is 0.0329. The number of thiazole rings is 1. The van der Waals surface area contributed by atoms with Gasteiger partial charge < -0.3 is 10.2 Å².